The summed E-state index contributed by atoms with van der Waals surface area (Å²) < 4.78 is 1.53. The van der Waals surface area contributed by atoms with Crippen LogP contribution in [-0.2, 0) is 11.2 Å². The first-order valence-electron chi connectivity index (χ1n) is 4.57. The standard InChI is InChI=1S/C10H14N2O2/c1-7(2)12-6-11-5-9(10(12)14)4-8(3)13/h5-7H,4H2,1-3H3. The minimum absolute atomic E-state index is 0.0228. The number of Topliss-reactive ketones (excluding diaryl/α,β-unsaturated/α-hetero) is 1. The second kappa shape index (κ2) is 4.17. The molecule has 0 N–H and O–H groups in total. The van der Waals surface area contributed by atoms with E-state index in [1.165, 1.54) is 24.0 Å². The molecule has 0 fully saturated rings. The number of ketones is 1. The summed E-state index contributed by atoms with van der Waals surface area (Å²) in [7, 11) is 0. The van der Waals surface area contributed by atoms with Crippen LogP contribution in [0.25, 0.3) is 0 Å². The Morgan fingerprint density at radius 3 is 2.71 bits per heavy atom. The molecular formula is C10H14N2O2. The van der Waals surface area contributed by atoms with Crippen LogP contribution in [0, 0.1) is 0 Å². The summed E-state index contributed by atoms with van der Waals surface area (Å²) in [5.41, 5.74) is 0.346. The zero-order valence-electron chi connectivity index (χ0n) is 8.65. The first-order valence-corrected chi connectivity index (χ1v) is 4.57. The van der Waals surface area contributed by atoms with E-state index in [0.717, 1.165) is 0 Å². The summed E-state index contributed by atoms with van der Waals surface area (Å²) in [6, 6.07) is 0.0712. The zero-order valence-corrected chi connectivity index (χ0v) is 8.65. The molecule has 14 heavy (non-hydrogen) atoms. The average molecular weight is 194 g/mol. The maximum absolute atomic E-state index is 11.7. The van der Waals surface area contributed by atoms with Gasteiger partial charge in [0.25, 0.3) is 5.56 Å². The van der Waals surface area contributed by atoms with Crippen molar-refractivity contribution in [3.63, 3.8) is 0 Å². The Bertz CT molecular complexity index is 393. The predicted molar refractivity (Wildman–Crippen MR) is 53.3 cm³/mol. The maximum atomic E-state index is 11.7. The molecule has 0 unspecified atom stereocenters. The van der Waals surface area contributed by atoms with E-state index in [1.807, 2.05) is 13.8 Å². The third-order valence-corrected chi connectivity index (χ3v) is 1.93. The zero-order chi connectivity index (χ0) is 10.7. The van der Waals surface area contributed by atoms with Gasteiger partial charge in [0.05, 0.1) is 6.33 Å². The number of aromatic nitrogens is 2. The number of hydrogen-bond acceptors (Lipinski definition) is 3. The van der Waals surface area contributed by atoms with Gasteiger partial charge in [0, 0.05) is 24.2 Å². The van der Waals surface area contributed by atoms with Gasteiger partial charge in [-0.25, -0.2) is 4.98 Å². The highest BCUT2D eigenvalue weighted by Crippen LogP contribution is 1.99. The molecule has 0 aromatic carbocycles. The Kier molecular flexibility index (Phi) is 3.17. The van der Waals surface area contributed by atoms with Crippen molar-refractivity contribution in [3.05, 3.63) is 28.4 Å². The molecule has 0 saturated heterocycles. The molecule has 1 heterocycles. The van der Waals surface area contributed by atoms with Crippen LogP contribution in [0.5, 0.6) is 0 Å². The highest BCUT2D eigenvalue weighted by Gasteiger charge is 2.07. The highest BCUT2D eigenvalue weighted by atomic mass is 16.1. The van der Waals surface area contributed by atoms with Crippen molar-refractivity contribution in [2.45, 2.75) is 33.2 Å². The number of rotatable bonds is 3. The van der Waals surface area contributed by atoms with Crippen LogP contribution in [0.3, 0.4) is 0 Å². The molecule has 4 heteroatoms. The first-order chi connectivity index (χ1) is 6.52. The van der Waals surface area contributed by atoms with Crippen molar-refractivity contribution in [1.82, 2.24) is 9.55 Å². The van der Waals surface area contributed by atoms with Gasteiger partial charge in [-0.1, -0.05) is 0 Å². The lowest BCUT2D eigenvalue weighted by Gasteiger charge is -2.09. The predicted octanol–water partition coefficient (Wildman–Crippen LogP) is 0.956. The molecule has 0 aliphatic carbocycles. The molecule has 0 atom stereocenters. The molecule has 76 valence electrons. The second-order valence-electron chi connectivity index (χ2n) is 3.60. The van der Waals surface area contributed by atoms with Crippen molar-refractivity contribution in [2.75, 3.05) is 0 Å². The van der Waals surface area contributed by atoms with Crippen LogP contribution in [0.1, 0.15) is 32.4 Å². The molecule has 4 nitrogen and oxygen atoms in total. The lowest BCUT2D eigenvalue weighted by Crippen LogP contribution is -2.26. The monoisotopic (exact) mass is 194 g/mol. The van der Waals surface area contributed by atoms with Crippen LogP contribution in [0.4, 0.5) is 0 Å². The number of hydrogen-bond donors (Lipinski definition) is 0. The van der Waals surface area contributed by atoms with Crippen molar-refractivity contribution in [3.8, 4) is 0 Å². The van der Waals surface area contributed by atoms with Crippen molar-refractivity contribution in [2.24, 2.45) is 0 Å². The summed E-state index contributed by atoms with van der Waals surface area (Å²) in [6.07, 6.45) is 3.12. The SMILES string of the molecule is CC(=O)Cc1cncn(C(C)C)c1=O. The largest absolute Gasteiger partial charge is 0.300 e. The third kappa shape index (κ3) is 2.28. The molecule has 0 bridgehead atoms. The topological polar surface area (TPSA) is 52.0 Å². The van der Waals surface area contributed by atoms with Crippen molar-refractivity contribution >= 4 is 5.78 Å². The van der Waals surface area contributed by atoms with Gasteiger partial charge in [-0.2, -0.15) is 0 Å². The van der Waals surface area contributed by atoms with Crippen LogP contribution >= 0.6 is 0 Å². The molecule has 1 aromatic rings. The van der Waals surface area contributed by atoms with Gasteiger partial charge in [-0.05, 0) is 20.8 Å². The first kappa shape index (κ1) is 10.6. The van der Waals surface area contributed by atoms with E-state index in [1.54, 1.807) is 0 Å². The normalized spacial score (nSPS) is 10.6. The summed E-state index contributed by atoms with van der Waals surface area (Å²) in [5.74, 6) is -0.0228. The third-order valence-electron chi connectivity index (χ3n) is 1.93. The fourth-order valence-corrected chi connectivity index (χ4v) is 1.23. The summed E-state index contributed by atoms with van der Waals surface area (Å²) in [5, 5.41) is 0. The number of nitrogens with zero attached hydrogens (tertiary/aromatic N) is 2. The van der Waals surface area contributed by atoms with E-state index in [0.29, 0.717) is 5.56 Å². The fraction of sp³-hybridized carbons (Fsp3) is 0.500. The maximum Gasteiger partial charge on any atom is 0.257 e. The molecule has 1 rings (SSSR count). The van der Waals surface area contributed by atoms with Gasteiger partial charge >= 0.3 is 0 Å². The van der Waals surface area contributed by atoms with Crippen LogP contribution in [-0.4, -0.2) is 15.3 Å². The van der Waals surface area contributed by atoms with Gasteiger partial charge in [0.1, 0.15) is 5.78 Å². The van der Waals surface area contributed by atoms with Crippen LogP contribution in [0.15, 0.2) is 17.3 Å². The second-order valence-corrected chi connectivity index (χ2v) is 3.60. The lowest BCUT2D eigenvalue weighted by molar-refractivity contribution is -0.116. The van der Waals surface area contributed by atoms with E-state index in [2.05, 4.69) is 4.98 Å². The Morgan fingerprint density at radius 1 is 1.57 bits per heavy atom. The average Bonchev–Trinajstić information content (AvgIpc) is 2.07. The molecule has 0 aliphatic rings. The molecule has 1 aromatic heterocycles. The highest BCUT2D eigenvalue weighted by molar-refractivity contribution is 5.77. The quantitative estimate of drug-likeness (QED) is 0.720. The molecule has 0 spiro atoms. The molecule has 0 aliphatic heterocycles. The number of carbonyl (C=O) groups is 1. The van der Waals surface area contributed by atoms with E-state index < -0.39 is 0 Å². The lowest BCUT2D eigenvalue weighted by atomic mass is 10.2. The summed E-state index contributed by atoms with van der Waals surface area (Å²) in [4.78, 5) is 26.5. The Labute approximate surface area is 82.6 Å². The Balaban J connectivity index is 3.14. The molecule has 0 saturated carbocycles. The van der Waals surface area contributed by atoms with Crippen molar-refractivity contribution < 1.29 is 4.79 Å². The molecule has 0 amide bonds. The Morgan fingerprint density at radius 2 is 2.21 bits per heavy atom. The van der Waals surface area contributed by atoms with Crippen molar-refractivity contribution in [1.29, 1.82) is 0 Å². The van der Waals surface area contributed by atoms with E-state index in [4.69, 9.17) is 0 Å². The van der Waals surface area contributed by atoms with Crippen LogP contribution in [0.2, 0.25) is 0 Å². The molecular weight excluding hydrogens is 180 g/mol. The van der Waals surface area contributed by atoms with Gasteiger partial charge < -0.3 is 0 Å². The fourth-order valence-electron chi connectivity index (χ4n) is 1.23. The van der Waals surface area contributed by atoms with Gasteiger partial charge in [-0.3, -0.25) is 14.2 Å². The van der Waals surface area contributed by atoms with E-state index >= 15 is 0 Å². The number of carbonyl (C=O) groups excluding carboxylic acids is 1. The van der Waals surface area contributed by atoms with Crippen LogP contribution < -0.4 is 5.56 Å². The van der Waals surface area contributed by atoms with Gasteiger partial charge in [0.15, 0.2) is 0 Å². The van der Waals surface area contributed by atoms with Gasteiger partial charge in [0.2, 0.25) is 0 Å². The van der Waals surface area contributed by atoms with E-state index in [9.17, 15) is 9.59 Å². The summed E-state index contributed by atoms with van der Waals surface area (Å²) >= 11 is 0. The van der Waals surface area contributed by atoms with Gasteiger partial charge in [-0.15, -0.1) is 0 Å². The minimum Gasteiger partial charge on any atom is -0.300 e. The smallest absolute Gasteiger partial charge is 0.257 e. The molecule has 0 radical (unpaired) electrons. The Hall–Kier alpha value is -1.45. The summed E-state index contributed by atoms with van der Waals surface area (Å²) in [6.45, 7) is 5.27. The minimum atomic E-state index is -0.120. The van der Waals surface area contributed by atoms with E-state index in [-0.39, 0.29) is 23.8 Å².